The molecule has 1 aromatic heterocycles. The topological polar surface area (TPSA) is 66.9 Å². The maximum atomic E-state index is 11.4. The molecule has 0 amide bonds. The Morgan fingerprint density at radius 2 is 1.65 bits per heavy atom. The second kappa shape index (κ2) is 8.89. The van der Waals surface area contributed by atoms with Gasteiger partial charge in [-0.2, -0.15) is 0 Å². The van der Waals surface area contributed by atoms with Gasteiger partial charge in [-0.15, -0.1) is 0 Å². The molecule has 20 heavy (non-hydrogen) atoms. The van der Waals surface area contributed by atoms with E-state index in [9.17, 15) is 4.21 Å². The molecule has 0 saturated carbocycles. The maximum absolute atomic E-state index is 11.4. The van der Waals surface area contributed by atoms with Gasteiger partial charge >= 0.3 is 0 Å². The molecule has 1 unspecified atom stereocenters. The molecule has 6 heteroatoms. The first kappa shape index (κ1) is 16.9. The minimum absolute atomic E-state index is 0.652. The van der Waals surface area contributed by atoms with Gasteiger partial charge in [0, 0.05) is 47.4 Å². The van der Waals surface area contributed by atoms with Crippen molar-refractivity contribution >= 4 is 22.4 Å². The summed E-state index contributed by atoms with van der Waals surface area (Å²) in [5.41, 5.74) is 1.03. The molecule has 1 heterocycles. The third-order valence-corrected chi connectivity index (χ3v) is 4.30. The number of anilines is 2. The highest BCUT2D eigenvalue weighted by Crippen LogP contribution is 2.20. The fourth-order valence-electron chi connectivity index (χ4n) is 1.74. The molecule has 1 rings (SSSR count). The summed E-state index contributed by atoms with van der Waals surface area (Å²) in [4.78, 5) is 9.05. The normalized spacial score (nSPS) is 12.2. The summed E-state index contributed by atoms with van der Waals surface area (Å²) in [6, 6.07) is 0. The van der Waals surface area contributed by atoms with E-state index in [4.69, 9.17) is 0 Å². The predicted octanol–water partition coefficient (Wildman–Crippen LogP) is 2.35. The van der Waals surface area contributed by atoms with E-state index in [0.717, 1.165) is 42.4 Å². The highest BCUT2D eigenvalue weighted by Gasteiger charge is 2.09. The molecule has 0 fully saturated rings. The van der Waals surface area contributed by atoms with Gasteiger partial charge in [-0.05, 0) is 13.3 Å². The average molecular weight is 298 g/mol. The van der Waals surface area contributed by atoms with Crippen LogP contribution in [0.2, 0.25) is 0 Å². The van der Waals surface area contributed by atoms with Gasteiger partial charge in [0.2, 0.25) is 0 Å². The highest BCUT2D eigenvalue weighted by molar-refractivity contribution is 7.84. The molecule has 0 spiro atoms. The van der Waals surface area contributed by atoms with Crippen molar-refractivity contribution in [1.29, 1.82) is 0 Å². The van der Waals surface area contributed by atoms with Crippen molar-refractivity contribution in [3.05, 3.63) is 11.4 Å². The lowest BCUT2D eigenvalue weighted by atomic mass is 10.2. The Morgan fingerprint density at radius 3 is 2.15 bits per heavy atom. The zero-order valence-corrected chi connectivity index (χ0v) is 13.8. The van der Waals surface area contributed by atoms with Crippen molar-refractivity contribution in [2.75, 3.05) is 35.2 Å². The minimum atomic E-state index is -0.746. The smallest absolute Gasteiger partial charge is 0.134 e. The zero-order chi connectivity index (χ0) is 15.0. The lowest BCUT2D eigenvalue weighted by Crippen LogP contribution is -2.16. The van der Waals surface area contributed by atoms with E-state index < -0.39 is 10.8 Å². The molecule has 0 bridgehead atoms. The van der Waals surface area contributed by atoms with Gasteiger partial charge in [0.15, 0.2) is 0 Å². The molecule has 114 valence electrons. The van der Waals surface area contributed by atoms with Crippen molar-refractivity contribution in [3.8, 4) is 0 Å². The van der Waals surface area contributed by atoms with Crippen LogP contribution in [0.25, 0.3) is 0 Å². The standard InChI is InChI=1S/C14H26N4OS/c1-5-8-15-13-11(4)14(18-12(6-2)17-13)16-9-10-20(19)7-3/h5-10H2,1-4H3,(H2,15,16,17,18). The number of nitrogens with zero attached hydrogens (tertiary/aromatic N) is 2. The molecule has 0 aliphatic heterocycles. The summed E-state index contributed by atoms with van der Waals surface area (Å²) >= 11 is 0. The Labute approximate surface area is 124 Å². The summed E-state index contributed by atoms with van der Waals surface area (Å²) in [5.74, 6) is 3.93. The van der Waals surface area contributed by atoms with Crippen LogP contribution in [0.1, 0.15) is 38.6 Å². The molecule has 0 radical (unpaired) electrons. The number of rotatable bonds is 9. The molecule has 5 nitrogen and oxygen atoms in total. The summed E-state index contributed by atoms with van der Waals surface area (Å²) < 4.78 is 11.4. The van der Waals surface area contributed by atoms with E-state index in [1.54, 1.807) is 0 Å². The van der Waals surface area contributed by atoms with Crippen LogP contribution in [0.5, 0.6) is 0 Å². The monoisotopic (exact) mass is 298 g/mol. The van der Waals surface area contributed by atoms with E-state index in [1.807, 2.05) is 20.8 Å². The number of hydrogen-bond donors (Lipinski definition) is 2. The average Bonchev–Trinajstić information content (AvgIpc) is 2.47. The molecule has 1 atom stereocenters. The van der Waals surface area contributed by atoms with Crippen molar-refractivity contribution < 1.29 is 4.21 Å². The van der Waals surface area contributed by atoms with Crippen molar-refractivity contribution in [1.82, 2.24) is 9.97 Å². The first-order chi connectivity index (χ1) is 9.62. The van der Waals surface area contributed by atoms with Crippen molar-refractivity contribution in [2.24, 2.45) is 0 Å². The second-order valence-corrected chi connectivity index (χ2v) is 6.47. The Hall–Kier alpha value is -1.17. The molecule has 0 aliphatic rings. The van der Waals surface area contributed by atoms with Gasteiger partial charge < -0.3 is 10.6 Å². The molecule has 0 aliphatic carbocycles. The Bertz CT molecular complexity index is 451. The van der Waals surface area contributed by atoms with Crippen LogP contribution < -0.4 is 10.6 Å². The Kier molecular flexibility index (Phi) is 7.51. The van der Waals surface area contributed by atoms with Crippen LogP contribution in [0.4, 0.5) is 11.6 Å². The van der Waals surface area contributed by atoms with Gasteiger partial charge in [-0.25, -0.2) is 9.97 Å². The fourth-order valence-corrected chi connectivity index (χ4v) is 2.35. The van der Waals surface area contributed by atoms with Gasteiger partial charge in [-0.1, -0.05) is 20.8 Å². The van der Waals surface area contributed by atoms with Gasteiger partial charge in [0.05, 0.1) is 0 Å². The number of aryl methyl sites for hydroxylation is 1. The van der Waals surface area contributed by atoms with E-state index in [0.29, 0.717) is 18.1 Å². The van der Waals surface area contributed by atoms with E-state index >= 15 is 0 Å². The summed E-state index contributed by atoms with van der Waals surface area (Å²) in [7, 11) is -0.746. The molecule has 1 aromatic rings. The van der Waals surface area contributed by atoms with Crippen molar-refractivity contribution in [2.45, 2.75) is 40.5 Å². The van der Waals surface area contributed by atoms with E-state index in [-0.39, 0.29) is 0 Å². The van der Waals surface area contributed by atoms with Crippen LogP contribution in [-0.2, 0) is 17.2 Å². The van der Waals surface area contributed by atoms with Crippen LogP contribution >= 0.6 is 0 Å². The van der Waals surface area contributed by atoms with Crippen molar-refractivity contribution in [3.63, 3.8) is 0 Å². The number of nitrogens with one attached hydrogen (secondary N) is 2. The van der Waals surface area contributed by atoms with Crippen LogP contribution in [0.15, 0.2) is 0 Å². The van der Waals surface area contributed by atoms with E-state index in [1.165, 1.54) is 0 Å². The van der Waals surface area contributed by atoms with E-state index in [2.05, 4.69) is 27.5 Å². The lowest BCUT2D eigenvalue weighted by molar-refractivity contribution is 0.684. The number of aromatic nitrogens is 2. The third kappa shape index (κ3) is 5.07. The summed E-state index contributed by atoms with van der Waals surface area (Å²) in [6.07, 6.45) is 1.86. The minimum Gasteiger partial charge on any atom is -0.370 e. The molecule has 0 saturated heterocycles. The Morgan fingerprint density at radius 1 is 1.05 bits per heavy atom. The Balaban J connectivity index is 2.79. The second-order valence-electron chi connectivity index (χ2n) is 4.60. The van der Waals surface area contributed by atoms with Crippen LogP contribution in [0.3, 0.4) is 0 Å². The van der Waals surface area contributed by atoms with Gasteiger partial charge in [0.1, 0.15) is 17.5 Å². The summed E-state index contributed by atoms with van der Waals surface area (Å²) in [5, 5.41) is 6.62. The van der Waals surface area contributed by atoms with Gasteiger partial charge in [0.25, 0.3) is 0 Å². The van der Waals surface area contributed by atoms with Crippen LogP contribution in [0, 0.1) is 6.92 Å². The maximum Gasteiger partial charge on any atom is 0.134 e. The van der Waals surface area contributed by atoms with Crippen LogP contribution in [-0.4, -0.2) is 38.8 Å². The first-order valence-electron chi connectivity index (χ1n) is 7.32. The molecular formula is C14H26N4OS. The summed E-state index contributed by atoms with van der Waals surface area (Å²) in [6.45, 7) is 9.70. The molecule has 2 N–H and O–H groups in total. The first-order valence-corrected chi connectivity index (χ1v) is 8.81. The number of hydrogen-bond acceptors (Lipinski definition) is 5. The lowest BCUT2D eigenvalue weighted by Gasteiger charge is -2.14. The predicted molar refractivity (Wildman–Crippen MR) is 87.0 cm³/mol. The molecule has 0 aromatic carbocycles. The third-order valence-electron chi connectivity index (χ3n) is 2.99. The molecular weight excluding hydrogens is 272 g/mol. The largest absolute Gasteiger partial charge is 0.370 e. The quantitative estimate of drug-likeness (QED) is 0.732. The van der Waals surface area contributed by atoms with Gasteiger partial charge in [-0.3, -0.25) is 4.21 Å². The highest BCUT2D eigenvalue weighted by atomic mass is 32.2. The fraction of sp³-hybridized carbons (Fsp3) is 0.714. The SMILES string of the molecule is CCCNc1nc(CC)nc(NCCS(=O)CC)c1C. The zero-order valence-electron chi connectivity index (χ0n) is 13.0.